The smallest absolute Gasteiger partial charge is 0.387 e. The van der Waals surface area contributed by atoms with Crippen LogP contribution in [0.5, 0.6) is 5.75 Å². The first kappa shape index (κ1) is 22.1. The van der Waals surface area contributed by atoms with Gasteiger partial charge in [0.2, 0.25) is 0 Å². The molecule has 2 N–H and O–H groups in total. The molecule has 0 bridgehead atoms. The van der Waals surface area contributed by atoms with Crippen LogP contribution >= 0.6 is 24.0 Å². The fourth-order valence-electron chi connectivity index (χ4n) is 3.04. The molecule has 28 heavy (non-hydrogen) atoms. The van der Waals surface area contributed by atoms with Gasteiger partial charge < -0.3 is 20.3 Å². The van der Waals surface area contributed by atoms with E-state index in [1.54, 1.807) is 29.9 Å². The van der Waals surface area contributed by atoms with Crippen LogP contribution in [0.25, 0.3) is 0 Å². The second-order valence-corrected chi connectivity index (χ2v) is 6.15. The Balaban J connectivity index is 0.00000280. The first-order valence-electron chi connectivity index (χ1n) is 8.65. The Morgan fingerprint density at radius 3 is 2.86 bits per heavy atom. The number of benzene rings is 1. The predicted molar refractivity (Wildman–Crippen MR) is 113 cm³/mol. The lowest BCUT2D eigenvalue weighted by molar-refractivity contribution is -0.0495. The largest absolute Gasteiger partial charge is 0.433 e. The zero-order chi connectivity index (χ0) is 19.2. The summed E-state index contributed by atoms with van der Waals surface area (Å²) in [5.74, 6) is 1.64. The third-order valence-electron chi connectivity index (χ3n) is 4.39. The highest BCUT2D eigenvalue weighted by atomic mass is 127. The van der Waals surface area contributed by atoms with Gasteiger partial charge in [-0.1, -0.05) is 12.1 Å². The number of rotatable bonds is 6. The first-order chi connectivity index (χ1) is 13.1. The maximum Gasteiger partial charge on any atom is 0.387 e. The highest BCUT2D eigenvalue weighted by molar-refractivity contribution is 14.0. The number of ether oxygens (including phenoxy) is 1. The number of aromatic nitrogens is 3. The normalized spacial score (nSPS) is 16.8. The molecule has 2 aromatic rings. The minimum absolute atomic E-state index is 0. The summed E-state index contributed by atoms with van der Waals surface area (Å²) in [6.45, 7) is -0.945. The molecule has 3 rings (SSSR count). The van der Waals surface area contributed by atoms with Crippen LogP contribution in [0.1, 0.15) is 12.2 Å². The van der Waals surface area contributed by atoms with E-state index in [2.05, 4.69) is 30.4 Å². The molecule has 0 spiro atoms. The second-order valence-electron chi connectivity index (χ2n) is 6.15. The molecule has 8 nitrogen and oxygen atoms in total. The maximum absolute atomic E-state index is 12.6. The van der Waals surface area contributed by atoms with Crippen molar-refractivity contribution in [3.8, 4) is 5.75 Å². The van der Waals surface area contributed by atoms with Gasteiger partial charge in [0.25, 0.3) is 0 Å². The first-order valence-corrected chi connectivity index (χ1v) is 8.65. The van der Waals surface area contributed by atoms with Gasteiger partial charge in [-0.25, -0.2) is 4.98 Å². The number of alkyl halides is 2. The lowest BCUT2D eigenvalue weighted by Crippen LogP contribution is -2.44. The summed E-state index contributed by atoms with van der Waals surface area (Å²) < 4.78 is 31.6. The Hall–Kier alpha value is -2.18. The highest BCUT2D eigenvalue weighted by Crippen LogP contribution is 2.31. The van der Waals surface area contributed by atoms with Gasteiger partial charge in [-0.05, 0) is 18.6 Å². The van der Waals surface area contributed by atoms with Gasteiger partial charge in [-0.3, -0.25) is 9.67 Å². The van der Waals surface area contributed by atoms with Crippen molar-refractivity contribution in [2.24, 2.45) is 12.0 Å². The van der Waals surface area contributed by atoms with E-state index in [0.717, 1.165) is 18.8 Å². The molecule has 1 aliphatic rings. The quantitative estimate of drug-likeness (QED) is 0.354. The fraction of sp³-hybridized carbons (Fsp3) is 0.471. The van der Waals surface area contributed by atoms with Gasteiger partial charge >= 0.3 is 6.61 Å². The number of guanidine groups is 1. The van der Waals surface area contributed by atoms with Crippen LogP contribution in [0.15, 0.2) is 35.6 Å². The maximum atomic E-state index is 12.6. The van der Waals surface area contributed by atoms with E-state index in [1.165, 1.54) is 6.33 Å². The van der Waals surface area contributed by atoms with Crippen molar-refractivity contribution in [1.82, 2.24) is 25.4 Å². The average molecular weight is 507 g/mol. The second kappa shape index (κ2) is 10.4. The van der Waals surface area contributed by atoms with Gasteiger partial charge in [0.15, 0.2) is 5.96 Å². The predicted octanol–water partition coefficient (Wildman–Crippen LogP) is 1.98. The summed E-state index contributed by atoms with van der Waals surface area (Å²) in [5, 5.41) is 10.6. The molecule has 11 heteroatoms. The Kier molecular flexibility index (Phi) is 8.20. The number of nitrogens with zero attached hydrogens (tertiary/aromatic N) is 5. The van der Waals surface area contributed by atoms with Crippen molar-refractivity contribution in [3.63, 3.8) is 0 Å². The van der Waals surface area contributed by atoms with Gasteiger partial charge in [-0.15, -0.1) is 24.0 Å². The van der Waals surface area contributed by atoms with E-state index in [4.69, 9.17) is 0 Å². The zero-order valence-electron chi connectivity index (χ0n) is 15.7. The van der Waals surface area contributed by atoms with E-state index >= 15 is 0 Å². The summed E-state index contributed by atoms with van der Waals surface area (Å²) in [5.41, 5.74) is 0.670. The number of hydrogen-bond acceptors (Lipinski definition) is 5. The van der Waals surface area contributed by atoms with Crippen LogP contribution in [0.2, 0.25) is 0 Å². The monoisotopic (exact) mass is 507 g/mol. The lowest BCUT2D eigenvalue weighted by Gasteiger charge is -2.22. The standard InChI is InChI=1S/C17H23F2N7O.HI/c1-20-17(21-9-15-22-11-23-25(15)2)24-12-7-8-26(10-12)13-5-3-4-6-14(13)27-16(18)19;/h3-6,11-12,16H,7-10H2,1-2H3,(H2,20,21,24);1H. The summed E-state index contributed by atoms with van der Waals surface area (Å²) in [6.07, 6.45) is 2.36. The van der Waals surface area contributed by atoms with Crippen LogP contribution in [0.4, 0.5) is 14.5 Å². The summed E-state index contributed by atoms with van der Waals surface area (Å²) in [6, 6.07) is 6.99. The molecule has 1 saturated heterocycles. The van der Waals surface area contributed by atoms with Gasteiger partial charge in [-0.2, -0.15) is 13.9 Å². The molecule has 1 unspecified atom stereocenters. The Bertz CT molecular complexity index is 786. The van der Waals surface area contributed by atoms with Gasteiger partial charge in [0.1, 0.15) is 17.9 Å². The molecule has 1 aromatic carbocycles. The Labute approximate surface area is 179 Å². The molecule has 2 heterocycles. The third kappa shape index (κ3) is 5.66. The average Bonchev–Trinajstić information content (AvgIpc) is 3.27. The van der Waals surface area contributed by atoms with Gasteiger partial charge in [0.05, 0.1) is 12.2 Å². The lowest BCUT2D eigenvalue weighted by atomic mass is 10.2. The van der Waals surface area contributed by atoms with E-state index in [1.807, 2.05) is 18.0 Å². The van der Waals surface area contributed by atoms with E-state index in [0.29, 0.717) is 24.7 Å². The zero-order valence-corrected chi connectivity index (χ0v) is 18.0. The van der Waals surface area contributed by atoms with Gasteiger partial charge in [0, 0.05) is 33.2 Å². The Morgan fingerprint density at radius 2 is 2.18 bits per heavy atom. The summed E-state index contributed by atoms with van der Waals surface area (Å²) in [4.78, 5) is 10.4. The van der Waals surface area contributed by atoms with Crippen LogP contribution in [0, 0.1) is 0 Å². The van der Waals surface area contributed by atoms with Crippen molar-refractivity contribution in [2.75, 3.05) is 25.0 Å². The summed E-state index contributed by atoms with van der Waals surface area (Å²) in [7, 11) is 3.53. The number of hydrogen-bond donors (Lipinski definition) is 2. The van der Waals surface area contributed by atoms with Crippen LogP contribution in [-0.2, 0) is 13.6 Å². The molecular weight excluding hydrogens is 483 g/mol. The number of anilines is 1. The molecule has 1 atom stereocenters. The number of aryl methyl sites for hydroxylation is 1. The minimum Gasteiger partial charge on any atom is -0.433 e. The third-order valence-corrected chi connectivity index (χ3v) is 4.39. The van der Waals surface area contributed by atoms with Crippen molar-refractivity contribution in [1.29, 1.82) is 0 Å². The van der Waals surface area contributed by atoms with Crippen LogP contribution in [-0.4, -0.2) is 53.5 Å². The highest BCUT2D eigenvalue weighted by Gasteiger charge is 2.26. The van der Waals surface area contributed by atoms with Crippen molar-refractivity contribution in [3.05, 3.63) is 36.4 Å². The van der Waals surface area contributed by atoms with E-state index in [9.17, 15) is 8.78 Å². The molecule has 0 saturated carbocycles. The van der Waals surface area contributed by atoms with Crippen LogP contribution in [0.3, 0.4) is 0 Å². The van der Waals surface area contributed by atoms with Crippen LogP contribution < -0.4 is 20.3 Å². The molecule has 0 amide bonds. The number of halogens is 3. The number of nitrogens with one attached hydrogen (secondary N) is 2. The van der Waals surface area contributed by atoms with Crippen molar-refractivity contribution in [2.45, 2.75) is 25.6 Å². The number of para-hydroxylation sites is 2. The molecule has 1 aromatic heterocycles. The molecule has 154 valence electrons. The molecule has 1 aliphatic heterocycles. The summed E-state index contributed by atoms with van der Waals surface area (Å²) >= 11 is 0. The Morgan fingerprint density at radius 1 is 1.39 bits per heavy atom. The number of aliphatic imine (C=N–C) groups is 1. The van der Waals surface area contributed by atoms with Crippen molar-refractivity contribution < 1.29 is 13.5 Å². The molecule has 0 aliphatic carbocycles. The van der Waals surface area contributed by atoms with E-state index < -0.39 is 6.61 Å². The molecule has 0 radical (unpaired) electrons. The minimum atomic E-state index is -2.84. The SMILES string of the molecule is CN=C(NCc1ncnn1C)NC1CCN(c2ccccc2OC(F)F)C1.I. The molecule has 1 fully saturated rings. The fourth-order valence-corrected chi connectivity index (χ4v) is 3.04. The molecular formula is C17H24F2IN7O. The van der Waals surface area contributed by atoms with Crippen molar-refractivity contribution >= 4 is 35.6 Å². The topological polar surface area (TPSA) is 79.6 Å². The van der Waals surface area contributed by atoms with E-state index in [-0.39, 0.29) is 35.8 Å².